The Morgan fingerprint density at radius 2 is 2.04 bits per heavy atom. The van der Waals surface area contributed by atoms with Gasteiger partial charge in [0.05, 0.1) is 12.6 Å². The molecule has 4 atom stereocenters. The molecule has 0 radical (unpaired) electrons. The van der Waals surface area contributed by atoms with E-state index in [9.17, 15) is 5.11 Å². The maximum atomic E-state index is 10.8. The van der Waals surface area contributed by atoms with Crippen LogP contribution >= 0.6 is 12.2 Å². The number of aromatic nitrogens is 1. The van der Waals surface area contributed by atoms with E-state index in [0.717, 1.165) is 21.8 Å². The number of pyridine rings is 1. The van der Waals surface area contributed by atoms with Crippen molar-refractivity contribution in [3.05, 3.63) is 40.7 Å². The monoisotopic (exact) mass is 378 g/mol. The molecule has 4 unspecified atom stereocenters. The third-order valence-electron chi connectivity index (χ3n) is 4.82. The summed E-state index contributed by atoms with van der Waals surface area (Å²) >= 11 is 5.70. The minimum Gasteiger partial charge on any atom is -0.388 e. The number of rotatable bonds is 5. The lowest BCUT2D eigenvalue weighted by atomic mass is 10.1. The molecular formula is C20H30N2O3S. The summed E-state index contributed by atoms with van der Waals surface area (Å²) < 4.78 is 8.04. The van der Waals surface area contributed by atoms with Crippen molar-refractivity contribution >= 4 is 23.0 Å². The van der Waals surface area contributed by atoms with Gasteiger partial charge in [0, 0.05) is 31.7 Å². The largest absolute Gasteiger partial charge is 0.388 e. The molecule has 6 heteroatoms. The Balaban J connectivity index is 0.00000117. The second kappa shape index (κ2) is 9.58. The van der Waals surface area contributed by atoms with Crippen LogP contribution in [0.4, 0.5) is 0 Å². The second-order valence-corrected chi connectivity index (χ2v) is 6.80. The number of nitrogens with one attached hydrogen (secondary N) is 1. The average Bonchev–Trinajstić information content (AvgIpc) is 2.94. The summed E-state index contributed by atoms with van der Waals surface area (Å²) in [5.74, 6) is 0.109. The third kappa shape index (κ3) is 4.15. The Morgan fingerprint density at radius 1 is 1.31 bits per heavy atom. The van der Waals surface area contributed by atoms with Crippen LogP contribution in [0.5, 0.6) is 0 Å². The molecule has 1 aromatic heterocycles. The van der Waals surface area contributed by atoms with Gasteiger partial charge in [-0.05, 0) is 24.8 Å². The van der Waals surface area contributed by atoms with E-state index in [1.807, 2.05) is 24.6 Å². The van der Waals surface area contributed by atoms with Gasteiger partial charge >= 0.3 is 0 Å². The summed E-state index contributed by atoms with van der Waals surface area (Å²) in [5.41, 5.74) is 3.91. The highest BCUT2D eigenvalue weighted by Gasteiger charge is 2.44. The number of methoxy groups -OCH3 is 1. The van der Waals surface area contributed by atoms with E-state index in [0.29, 0.717) is 6.61 Å². The van der Waals surface area contributed by atoms with Gasteiger partial charge < -0.3 is 14.4 Å². The normalized spacial score (nSPS) is 25.2. The molecule has 1 aliphatic carbocycles. The molecule has 3 rings (SSSR count). The number of fused-ring (bicyclic) bond motifs is 1. The predicted octanol–water partition coefficient (Wildman–Crippen LogP) is 3.79. The molecule has 0 aliphatic heterocycles. The third-order valence-corrected chi connectivity index (χ3v) is 5.25. The molecular weight excluding hydrogens is 348 g/mol. The van der Waals surface area contributed by atoms with Gasteiger partial charge in [-0.25, -0.2) is 5.48 Å². The van der Waals surface area contributed by atoms with Gasteiger partial charge in [-0.15, -0.1) is 0 Å². The molecule has 1 heterocycles. The van der Waals surface area contributed by atoms with Crippen molar-refractivity contribution in [2.45, 2.75) is 45.4 Å². The van der Waals surface area contributed by atoms with Crippen LogP contribution in [0.3, 0.4) is 0 Å². The van der Waals surface area contributed by atoms with Gasteiger partial charge in [-0.3, -0.25) is 4.84 Å². The Hall–Kier alpha value is -1.31. The first kappa shape index (κ1) is 21.0. The topological polar surface area (TPSA) is 55.7 Å². The van der Waals surface area contributed by atoms with E-state index in [-0.39, 0.29) is 18.1 Å². The molecule has 0 amide bonds. The van der Waals surface area contributed by atoms with E-state index >= 15 is 0 Å². The molecule has 2 N–H and O–H groups in total. The lowest BCUT2D eigenvalue weighted by Gasteiger charge is -2.23. The SMILES string of the molecule is CC.CNOC1C(COC)CC(n2ccc3cc(C)ccc3c2=S)C1O. The fourth-order valence-electron chi connectivity index (χ4n) is 3.68. The minimum atomic E-state index is -0.646. The van der Waals surface area contributed by atoms with Crippen LogP contribution in [0.15, 0.2) is 30.5 Å². The minimum absolute atomic E-state index is 0.109. The number of hydroxylamine groups is 1. The number of aryl methyl sites for hydroxylation is 1. The zero-order valence-electron chi connectivity index (χ0n) is 16.2. The van der Waals surface area contributed by atoms with Crippen molar-refractivity contribution in [1.29, 1.82) is 0 Å². The summed E-state index contributed by atoms with van der Waals surface area (Å²) in [6.45, 7) is 6.61. The van der Waals surface area contributed by atoms with E-state index in [2.05, 4.69) is 36.7 Å². The smallest absolute Gasteiger partial charge is 0.114 e. The van der Waals surface area contributed by atoms with E-state index in [4.69, 9.17) is 21.8 Å². The number of aliphatic hydroxyl groups excluding tert-OH is 1. The zero-order valence-corrected chi connectivity index (χ0v) is 17.0. The maximum absolute atomic E-state index is 10.8. The Bertz CT molecular complexity index is 777. The van der Waals surface area contributed by atoms with Crippen LogP contribution in [-0.4, -0.2) is 42.6 Å². The molecule has 144 valence electrons. The summed E-state index contributed by atoms with van der Waals surface area (Å²) in [7, 11) is 3.37. The quantitative estimate of drug-likeness (QED) is 0.612. The Labute approximate surface area is 160 Å². The number of aliphatic hydroxyl groups is 1. The average molecular weight is 379 g/mol. The summed E-state index contributed by atoms with van der Waals surface area (Å²) in [6, 6.07) is 8.18. The summed E-state index contributed by atoms with van der Waals surface area (Å²) in [4.78, 5) is 5.55. The number of hydrogen-bond acceptors (Lipinski definition) is 5. The van der Waals surface area contributed by atoms with Crippen LogP contribution in [-0.2, 0) is 9.57 Å². The van der Waals surface area contributed by atoms with Crippen molar-refractivity contribution in [2.75, 3.05) is 20.8 Å². The molecule has 0 bridgehead atoms. The lowest BCUT2D eigenvalue weighted by Crippen LogP contribution is -2.36. The molecule has 26 heavy (non-hydrogen) atoms. The highest BCUT2D eigenvalue weighted by molar-refractivity contribution is 7.71. The van der Waals surface area contributed by atoms with Crippen molar-refractivity contribution < 1.29 is 14.7 Å². The molecule has 1 fully saturated rings. The van der Waals surface area contributed by atoms with Crippen molar-refractivity contribution in [3.63, 3.8) is 0 Å². The Kier molecular flexibility index (Phi) is 7.73. The number of benzene rings is 1. The predicted molar refractivity (Wildman–Crippen MR) is 108 cm³/mol. The first-order chi connectivity index (χ1) is 12.6. The highest BCUT2D eigenvalue weighted by atomic mass is 32.1. The van der Waals surface area contributed by atoms with Crippen LogP contribution in [0, 0.1) is 17.5 Å². The van der Waals surface area contributed by atoms with Crippen LogP contribution in [0.25, 0.3) is 10.8 Å². The molecule has 1 aromatic carbocycles. The number of nitrogens with zero attached hydrogens (tertiary/aromatic N) is 1. The van der Waals surface area contributed by atoms with Gasteiger partial charge in [-0.2, -0.15) is 0 Å². The van der Waals surface area contributed by atoms with Gasteiger partial charge in [0.1, 0.15) is 16.8 Å². The Morgan fingerprint density at radius 3 is 2.69 bits per heavy atom. The van der Waals surface area contributed by atoms with E-state index < -0.39 is 6.10 Å². The van der Waals surface area contributed by atoms with Crippen LogP contribution in [0.1, 0.15) is 31.9 Å². The van der Waals surface area contributed by atoms with E-state index in [1.54, 1.807) is 14.2 Å². The highest BCUT2D eigenvalue weighted by Crippen LogP contribution is 2.38. The van der Waals surface area contributed by atoms with Gasteiger partial charge in [-0.1, -0.05) is 49.8 Å². The molecule has 0 spiro atoms. The number of ether oxygens (including phenoxy) is 1. The van der Waals surface area contributed by atoms with Crippen LogP contribution < -0.4 is 5.48 Å². The number of hydrogen-bond donors (Lipinski definition) is 2. The van der Waals surface area contributed by atoms with Crippen LogP contribution in [0.2, 0.25) is 0 Å². The second-order valence-electron chi connectivity index (χ2n) is 6.41. The summed E-state index contributed by atoms with van der Waals surface area (Å²) in [5, 5.41) is 12.9. The van der Waals surface area contributed by atoms with Crippen molar-refractivity contribution in [3.8, 4) is 0 Å². The lowest BCUT2D eigenvalue weighted by molar-refractivity contribution is -0.0970. The van der Waals surface area contributed by atoms with Gasteiger partial charge in [0.25, 0.3) is 0 Å². The zero-order chi connectivity index (χ0) is 19.3. The molecule has 5 nitrogen and oxygen atoms in total. The molecule has 2 aromatic rings. The van der Waals surface area contributed by atoms with E-state index in [1.165, 1.54) is 5.56 Å². The fourth-order valence-corrected chi connectivity index (χ4v) is 4.06. The maximum Gasteiger partial charge on any atom is 0.114 e. The molecule has 1 saturated carbocycles. The first-order valence-electron chi connectivity index (χ1n) is 9.17. The first-order valence-corrected chi connectivity index (χ1v) is 9.58. The molecule has 0 saturated heterocycles. The molecule has 1 aliphatic rings. The fraction of sp³-hybridized carbons (Fsp3) is 0.550. The standard InChI is InChI=1S/C18H24N2O3S.C2H6/c1-11-4-5-14-12(8-11)6-7-20(18(14)24)15-9-13(10-22-3)17(16(15)21)23-19-2;1-2/h4-8,13,15-17,19,21H,9-10H2,1-3H3;1-2H3. The van der Waals surface area contributed by atoms with Crippen molar-refractivity contribution in [1.82, 2.24) is 10.0 Å². The summed E-state index contributed by atoms with van der Waals surface area (Å²) in [6.07, 6.45) is 1.76. The van der Waals surface area contributed by atoms with Crippen molar-refractivity contribution in [2.24, 2.45) is 5.92 Å². The van der Waals surface area contributed by atoms with Gasteiger partial charge in [0.2, 0.25) is 0 Å². The van der Waals surface area contributed by atoms with Gasteiger partial charge in [0.15, 0.2) is 0 Å².